The van der Waals surface area contributed by atoms with Gasteiger partial charge in [0.05, 0.1) is 17.1 Å². The number of halogens is 3. The molecule has 1 aliphatic carbocycles. The highest BCUT2D eigenvalue weighted by Gasteiger charge is 2.41. The molecular formula is C16H19F3N6O2S. The monoisotopic (exact) mass is 416 g/mol. The van der Waals surface area contributed by atoms with E-state index in [2.05, 4.69) is 25.5 Å². The SMILES string of the molecule is O=S(=O)(C1CC1)N1CCC(Nc2ncc(C(F)(F)F)c(-c3cn[nH]c3)n2)CC1. The van der Waals surface area contributed by atoms with Crippen LogP contribution in [0.15, 0.2) is 18.6 Å². The van der Waals surface area contributed by atoms with Crippen LogP contribution in [0.25, 0.3) is 11.3 Å². The number of nitrogens with zero attached hydrogens (tertiary/aromatic N) is 4. The van der Waals surface area contributed by atoms with Crippen molar-refractivity contribution in [1.29, 1.82) is 0 Å². The number of piperidine rings is 1. The van der Waals surface area contributed by atoms with Gasteiger partial charge in [-0.15, -0.1) is 0 Å². The minimum Gasteiger partial charge on any atom is -0.351 e. The summed E-state index contributed by atoms with van der Waals surface area (Å²) in [6.45, 7) is 0.761. The van der Waals surface area contributed by atoms with Gasteiger partial charge < -0.3 is 5.32 Å². The Labute approximate surface area is 159 Å². The fourth-order valence-corrected chi connectivity index (χ4v) is 5.15. The van der Waals surface area contributed by atoms with Crippen LogP contribution >= 0.6 is 0 Å². The van der Waals surface area contributed by atoms with Gasteiger partial charge >= 0.3 is 6.18 Å². The fourth-order valence-electron chi connectivity index (χ4n) is 3.27. The lowest BCUT2D eigenvalue weighted by Gasteiger charge is -2.31. The number of sulfonamides is 1. The van der Waals surface area contributed by atoms with E-state index in [1.807, 2.05) is 0 Å². The molecule has 3 heterocycles. The molecule has 1 saturated heterocycles. The predicted octanol–water partition coefficient (Wildman–Crippen LogP) is 2.25. The van der Waals surface area contributed by atoms with Crippen molar-refractivity contribution in [2.24, 2.45) is 0 Å². The van der Waals surface area contributed by atoms with Crippen molar-refractivity contribution < 1.29 is 21.6 Å². The third kappa shape index (κ3) is 3.83. The third-order valence-corrected chi connectivity index (χ3v) is 7.36. The van der Waals surface area contributed by atoms with Gasteiger partial charge in [-0.1, -0.05) is 0 Å². The molecule has 0 radical (unpaired) electrons. The number of rotatable bonds is 5. The second kappa shape index (κ2) is 6.99. The van der Waals surface area contributed by atoms with Crippen molar-refractivity contribution in [2.75, 3.05) is 18.4 Å². The van der Waals surface area contributed by atoms with Crippen LogP contribution < -0.4 is 5.32 Å². The number of anilines is 1. The lowest BCUT2D eigenvalue weighted by atomic mass is 10.1. The number of H-pyrrole nitrogens is 1. The van der Waals surface area contributed by atoms with Gasteiger partial charge in [0.25, 0.3) is 0 Å². The molecule has 0 spiro atoms. The first-order valence-corrected chi connectivity index (χ1v) is 10.4. The Bertz CT molecular complexity index is 936. The number of hydrogen-bond acceptors (Lipinski definition) is 6. The lowest BCUT2D eigenvalue weighted by molar-refractivity contribution is -0.137. The summed E-state index contributed by atoms with van der Waals surface area (Å²) in [6, 6.07) is -0.111. The van der Waals surface area contributed by atoms with Crippen LogP contribution in [-0.2, 0) is 16.2 Å². The second-order valence-corrected chi connectivity index (χ2v) is 9.22. The smallest absolute Gasteiger partial charge is 0.351 e. The summed E-state index contributed by atoms with van der Waals surface area (Å²) >= 11 is 0. The van der Waals surface area contributed by atoms with E-state index < -0.39 is 21.8 Å². The standard InChI is InChI=1S/C16H19F3N6O2S/c17-16(18,19)13-9-20-15(24-14(13)10-7-21-22-8-10)23-11-3-5-25(6-4-11)28(26,27)12-1-2-12/h7-9,11-12H,1-6H2,(H,21,22)(H,20,23,24). The Hall–Kier alpha value is -2.21. The first kappa shape index (κ1) is 19.1. The Morgan fingerprint density at radius 2 is 1.86 bits per heavy atom. The van der Waals surface area contributed by atoms with E-state index in [4.69, 9.17) is 0 Å². The van der Waals surface area contributed by atoms with Crippen molar-refractivity contribution >= 4 is 16.0 Å². The maximum atomic E-state index is 13.3. The van der Waals surface area contributed by atoms with E-state index in [1.54, 1.807) is 0 Å². The van der Waals surface area contributed by atoms with Crippen LogP contribution in [0, 0.1) is 0 Å². The summed E-state index contributed by atoms with van der Waals surface area (Å²) in [4.78, 5) is 7.86. The summed E-state index contributed by atoms with van der Waals surface area (Å²) in [5, 5.41) is 8.96. The van der Waals surface area contributed by atoms with E-state index in [9.17, 15) is 21.6 Å². The molecule has 0 atom stereocenters. The van der Waals surface area contributed by atoms with Gasteiger partial charge in [0.1, 0.15) is 5.56 Å². The molecule has 28 heavy (non-hydrogen) atoms. The molecule has 2 N–H and O–H groups in total. The Morgan fingerprint density at radius 3 is 2.43 bits per heavy atom. The highest BCUT2D eigenvalue weighted by Crippen LogP contribution is 2.36. The summed E-state index contributed by atoms with van der Waals surface area (Å²) in [5.74, 6) is 0.0766. The van der Waals surface area contributed by atoms with Crippen molar-refractivity contribution in [3.05, 3.63) is 24.2 Å². The highest BCUT2D eigenvalue weighted by molar-refractivity contribution is 7.90. The summed E-state index contributed by atoms with van der Waals surface area (Å²) in [6.07, 6.45) is 1.28. The first-order valence-electron chi connectivity index (χ1n) is 8.94. The molecule has 1 saturated carbocycles. The van der Waals surface area contributed by atoms with Gasteiger partial charge in [-0.05, 0) is 25.7 Å². The molecule has 8 nitrogen and oxygen atoms in total. The molecule has 0 bridgehead atoms. The van der Waals surface area contributed by atoms with Crippen molar-refractivity contribution in [1.82, 2.24) is 24.5 Å². The number of hydrogen-bond donors (Lipinski definition) is 2. The zero-order chi connectivity index (χ0) is 19.9. The van der Waals surface area contributed by atoms with E-state index in [-0.39, 0.29) is 28.5 Å². The molecule has 152 valence electrons. The van der Waals surface area contributed by atoms with Gasteiger partial charge in [0.15, 0.2) is 0 Å². The van der Waals surface area contributed by atoms with Gasteiger partial charge in [-0.3, -0.25) is 5.10 Å². The summed E-state index contributed by atoms with van der Waals surface area (Å²) in [5.41, 5.74) is -0.986. The minimum absolute atomic E-state index is 0.0766. The number of nitrogens with one attached hydrogen (secondary N) is 2. The zero-order valence-electron chi connectivity index (χ0n) is 14.8. The molecule has 4 rings (SSSR count). The molecule has 2 aliphatic rings. The van der Waals surface area contributed by atoms with E-state index >= 15 is 0 Å². The molecule has 1 aliphatic heterocycles. The maximum absolute atomic E-state index is 13.3. The molecular weight excluding hydrogens is 397 g/mol. The topological polar surface area (TPSA) is 104 Å². The van der Waals surface area contributed by atoms with Crippen LogP contribution in [0.3, 0.4) is 0 Å². The quantitative estimate of drug-likeness (QED) is 0.775. The zero-order valence-corrected chi connectivity index (χ0v) is 15.6. The van der Waals surface area contributed by atoms with E-state index in [0.29, 0.717) is 25.9 Å². The summed E-state index contributed by atoms with van der Waals surface area (Å²) < 4.78 is 65.9. The molecule has 0 amide bonds. The largest absolute Gasteiger partial charge is 0.419 e. The third-order valence-electron chi connectivity index (χ3n) is 4.96. The number of alkyl halides is 3. The van der Waals surface area contributed by atoms with E-state index in [0.717, 1.165) is 19.0 Å². The van der Waals surface area contributed by atoms with Gasteiger partial charge in [-0.25, -0.2) is 22.7 Å². The van der Waals surface area contributed by atoms with Gasteiger partial charge in [0.2, 0.25) is 16.0 Å². The van der Waals surface area contributed by atoms with Gasteiger partial charge in [-0.2, -0.15) is 18.3 Å². The first-order chi connectivity index (χ1) is 13.2. The van der Waals surface area contributed by atoms with Crippen LogP contribution in [0.5, 0.6) is 0 Å². The van der Waals surface area contributed by atoms with Crippen LogP contribution in [-0.4, -0.2) is 57.3 Å². The van der Waals surface area contributed by atoms with Crippen LogP contribution in [0.4, 0.5) is 19.1 Å². The maximum Gasteiger partial charge on any atom is 0.419 e. The average Bonchev–Trinajstić information content (AvgIpc) is 3.37. The normalized spacial score (nSPS) is 19.7. The van der Waals surface area contributed by atoms with Crippen molar-refractivity contribution in [3.8, 4) is 11.3 Å². The Kier molecular flexibility index (Phi) is 4.78. The molecule has 2 aromatic rings. The summed E-state index contributed by atoms with van der Waals surface area (Å²) in [7, 11) is -3.20. The second-order valence-electron chi connectivity index (χ2n) is 7.00. The van der Waals surface area contributed by atoms with Crippen LogP contribution in [0.1, 0.15) is 31.2 Å². The molecule has 2 aromatic heterocycles. The van der Waals surface area contributed by atoms with Crippen molar-refractivity contribution in [2.45, 2.75) is 43.2 Å². The average molecular weight is 416 g/mol. The van der Waals surface area contributed by atoms with Crippen molar-refractivity contribution in [3.63, 3.8) is 0 Å². The lowest BCUT2D eigenvalue weighted by Crippen LogP contribution is -2.43. The Morgan fingerprint density at radius 1 is 1.14 bits per heavy atom. The molecule has 0 aromatic carbocycles. The molecule has 12 heteroatoms. The Balaban J connectivity index is 1.48. The van der Waals surface area contributed by atoms with E-state index in [1.165, 1.54) is 16.7 Å². The molecule has 0 unspecified atom stereocenters. The fraction of sp³-hybridized carbons (Fsp3) is 0.562. The predicted molar refractivity (Wildman–Crippen MR) is 94.8 cm³/mol. The number of aromatic amines is 1. The minimum atomic E-state index is -4.59. The van der Waals surface area contributed by atoms with Crippen LogP contribution in [0.2, 0.25) is 0 Å². The molecule has 2 fully saturated rings. The van der Waals surface area contributed by atoms with Gasteiger partial charge in [0, 0.05) is 37.1 Å². The highest BCUT2D eigenvalue weighted by atomic mass is 32.2. The number of aromatic nitrogens is 4.